The average molecular weight is 321 g/mol. The van der Waals surface area contributed by atoms with Gasteiger partial charge in [0.25, 0.3) is 0 Å². The topological polar surface area (TPSA) is 65.9 Å². The first-order valence-corrected chi connectivity index (χ1v) is 7.98. The zero-order valence-corrected chi connectivity index (χ0v) is 14.7. The molecule has 0 radical (unpaired) electrons. The Morgan fingerprint density at radius 1 is 1.13 bits per heavy atom. The minimum absolute atomic E-state index is 0.257. The highest BCUT2D eigenvalue weighted by atomic mass is 16.6. The highest BCUT2D eigenvalue weighted by Gasteiger charge is 2.26. The van der Waals surface area contributed by atoms with E-state index in [0.29, 0.717) is 18.8 Å². The second-order valence-electron chi connectivity index (χ2n) is 7.42. The number of ether oxygens (including phenoxy) is 1. The van der Waals surface area contributed by atoms with Gasteiger partial charge < -0.3 is 19.6 Å². The molecule has 0 spiro atoms. The summed E-state index contributed by atoms with van der Waals surface area (Å²) in [5, 5.41) is 9.94. The van der Waals surface area contributed by atoms with Gasteiger partial charge >= 0.3 is 6.09 Å². The predicted molar refractivity (Wildman–Crippen MR) is 89.5 cm³/mol. The van der Waals surface area contributed by atoms with E-state index in [-0.39, 0.29) is 6.09 Å². The van der Waals surface area contributed by atoms with Crippen molar-refractivity contribution in [3.8, 4) is 0 Å². The smallest absolute Gasteiger partial charge is 0.410 e. The van der Waals surface area contributed by atoms with Crippen LogP contribution in [0.5, 0.6) is 0 Å². The minimum Gasteiger partial charge on any atom is -0.444 e. The van der Waals surface area contributed by atoms with Gasteiger partial charge in [0.1, 0.15) is 11.2 Å². The molecule has 2 rings (SSSR count). The number of pyridine rings is 1. The molecule has 23 heavy (non-hydrogen) atoms. The average Bonchev–Trinajstić information content (AvgIpc) is 2.45. The molecule has 0 saturated carbocycles. The SMILES string of the molecule is CC(C)(C)OC(=O)N1CCN(c2ccc(C(C)(C)O)nc2)CC1. The van der Waals surface area contributed by atoms with Gasteiger partial charge in [-0.1, -0.05) is 0 Å². The first-order chi connectivity index (χ1) is 10.6. The molecule has 1 saturated heterocycles. The molecule has 1 aromatic rings. The quantitative estimate of drug-likeness (QED) is 0.906. The molecular formula is C17H27N3O3. The second-order valence-corrected chi connectivity index (χ2v) is 7.42. The lowest BCUT2D eigenvalue weighted by Gasteiger charge is -2.36. The predicted octanol–water partition coefficient (Wildman–Crippen LogP) is 2.37. The summed E-state index contributed by atoms with van der Waals surface area (Å²) < 4.78 is 5.40. The molecule has 0 aliphatic carbocycles. The Morgan fingerprint density at radius 3 is 2.17 bits per heavy atom. The van der Waals surface area contributed by atoms with Crippen LogP contribution >= 0.6 is 0 Å². The maximum atomic E-state index is 12.1. The molecule has 0 aromatic carbocycles. The molecule has 0 unspecified atom stereocenters. The van der Waals surface area contributed by atoms with E-state index in [2.05, 4.69) is 9.88 Å². The summed E-state index contributed by atoms with van der Waals surface area (Å²) in [5.74, 6) is 0. The zero-order valence-electron chi connectivity index (χ0n) is 14.7. The summed E-state index contributed by atoms with van der Waals surface area (Å²) in [6, 6.07) is 3.80. The number of hydrogen-bond donors (Lipinski definition) is 1. The van der Waals surface area contributed by atoms with Crippen molar-refractivity contribution in [2.45, 2.75) is 45.8 Å². The Labute approximate surface area is 138 Å². The molecule has 0 atom stereocenters. The van der Waals surface area contributed by atoms with Crippen LogP contribution in [0.4, 0.5) is 10.5 Å². The molecule has 1 amide bonds. The fourth-order valence-electron chi connectivity index (χ4n) is 2.41. The molecule has 6 heteroatoms. The monoisotopic (exact) mass is 321 g/mol. The van der Waals surface area contributed by atoms with Crippen LogP contribution in [-0.2, 0) is 10.3 Å². The molecule has 1 fully saturated rings. The summed E-state index contributed by atoms with van der Waals surface area (Å²) in [5.41, 5.74) is 0.245. The van der Waals surface area contributed by atoms with Gasteiger partial charge in [0, 0.05) is 26.2 Å². The van der Waals surface area contributed by atoms with E-state index in [1.807, 2.05) is 32.9 Å². The van der Waals surface area contributed by atoms with Gasteiger partial charge in [-0.05, 0) is 46.8 Å². The van der Waals surface area contributed by atoms with E-state index in [0.717, 1.165) is 18.8 Å². The molecular weight excluding hydrogens is 294 g/mol. The van der Waals surface area contributed by atoms with Gasteiger partial charge in [-0.2, -0.15) is 0 Å². The molecule has 1 aliphatic heterocycles. The Balaban J connectivity index is 1.93. The van der Waals surface area contributed by atoms with Crippen LogP contribution in [0.25, 0.3) is 0 Å². The fraction of sp³-hybridized carbons (Fsp3) is 0.647. The number of carbonyl (C=O) groups is 1. The molecule has 0 bridgehead atoms. The van der Waals surface area contributed by atoms with Gasteiger partial charge in [0.05, 0.1) is 17.6 Å². The van der Waals surface area contributed by atoms with Crippen molar-refractivity contribution < 1.29 is 14.6 Å². The third kappa shape index (κ3) is 4.82. The van der Waals surface area contributed by atoms with Crippen LogP contribution in [0.3, 0.4) is 0 Å². The number of anilines is 1. The first kappa shape index (κ1) is 17.5. The van der Waals surface area contributed by atoms with Gasteiger partial charge in [0.15, 0.2) is 0 Å². The third-order valence-corrected chi connectivity index (χ3v) is 3.67. The van der Waals surface area contributed by atoms with Crippen LogP contribution < -0.4 is 4.90 Å². The lowest BCUT2D eigenvalue weighted by atomic mass is 10.0. The molecule has 1 aliphatic rings. The Bertz CT molecular complexity index is 536. The summed E-state index contributed by atoms with van der Waals surface area (Å²) >= 11 is 0. The van der Waals surface area contributed by atoms with Crippen molar-refractivity contribution in [2.75, 3.05) is 31.1 Å². The number of rotatable bonds is 2. The standard InChI is InChI=1S/C17H27N3O3/c1-16(2,3)23-15(21)20-10-8-19(9-11-20)13-6-7-14(18-12-13)17(4,5)22/h6-7,12,22H,8-11H2,1-5H3. The van der Waals surface area contributed by atoms with Crippen LogP contribution in [-0.4, -0.2) is 52.9 Å². The van der Waals surface area contributed by atoms with Crippen molar-refractivity contribution >= 4 is 11.8 Å². The number of aromatic nitrogens is 1. The van der Waals surface area contributed by atoms with Crippen LogP contribution in [0.1, 0.15) is 40.3 Å². The number of aliphatic hydroxyl groups is 1. The van der Waals surface area contributed by atoms with Crippen LogP contribution in [0.15, 0.2) is 18.3 Å². The molecule has 2 heterocycles. The summed E-state index contributed by atoms with van der Waals surface area (Å²) in [4.78, 5) is 20.3. The second kappa shape index (κ2) is 6.35. The van der Waals surface area contributed by atoms with Crippen molar-refractivity contribution in [2.24, 2.45) is 0 Å². The summed E-state index contributed by atoms with van der Waals surface area (Å²) in [6.07, 6.45) is 1.52. The first-order valence-electron chi connectivity index (χ1n) is 7.98. The maximum Gasteiger partial charge on any atom is 0.410 e. The van der Waals surface area contributed by atoms with E-state index in [4.69, 9.17) is 4.74 Å². The van der Waals surface area contributed by atoms with E-state index in [1.54, 1.807) is 24.9 Å². The summed E-state index contributed by atoms with van der Waals surface area (Å²) in [6.45, 7) is 11.8. The minimum atomic E-state index is -0.937. The van der Waals surface area contributed by atoms with Crippen molar-refractivity contribution in [1.82, 2.24) is 9.88 Å². The number of piperazine rings is 1. The number of nitrogens with zero attached hydrogens (tertiary/aromatic N) is 3. The van der Waals surface area contributed by atoms with E-state index >= 15 is 0 Å². The van der Waals surface area contributed by atoms with Crippen LogP contribution in [0.2, 0.25) is 0 Å². The van der Waals surface area contributed by atoms with Crippen molar-refractivity contribution in [3.05, 3.63) is 24.0 Å². The largest absolute Gasteiger partial charge is 0.444 e. The molecule has 128 valence electrons. The van der Waals surface area contributed by atoms with Gasteiger partial charge in [0.2, 0.25) is 0 Å². The number of amides is 1. The van der Waals surface area contributed by atoms with Crippen LogP contribution in [0, 0.1) is 0 Å². The number of carbonyl (C=O) groups excluding carboxylic acids is 1. The lowest BCUT2D eigenvalue weighted by molar-refractivity contribution is 0.0240. The summed E-state index contributed by atoms with van der Waals surface area (Å²) in [7, 11) is 0. The molecule has 1 aromatic heterocycles. The lowest BCUT2D eigenvalue weighted by Crippen LogP contribution is -2.50. The van der Waals surface area contributed by atoms with E-state index < -0.39 is 11.2 Å². The van der Waals surface area contributed by atoms with Gasteiger partial charge in [-0.15, -0.1) is 0 Å². The Kier molecular flexibility index (Phi) is 4.84. The van der Waals surface area contributed by atoms with Gasteiger partial charge in [-0.25, -0.2) is 4.79 Å². The van der Waals surface area contributed by atoms with Crippen molar-refractivity contribution in [3.63, 3.8) is 0 Å². The Morgan fingerprint density at radius 2 is 1.74 bits per heavy atom. The zero-order chi connectivity index (χ0) is 17.3. The van der Waals surface area contributed by atoms with E-state index in [9.17, 15) is 9.90 Å². The van der Waals surface area contributed by atoms with Crippen molar-refractivity contribution in [1.29, 1.82) is 0 Å². The third-order valence-electron chi connectivity index (χ3n) is 3.67. The normalized spacial score (nSPS) is 16.4. The van der Waals surface area contributed by atoms with Gasteiger partial charge in [-0.3, -0.25) is 4.98 Å². The molecule has 6 nitrogen and oxygen atoms in total. The maximum absolute atomic E-state index is 12.1. The van der Waals surface area contributed by atoms with E-state index in [1.165, 1.54) is 0 Å². The Hall–Kier alpha value is -1.82. The highest BCUT2D eigenvalue weighted by Crippen LogP contribution is 2.21. The molecule has 1 N–H and O–H groups in total. The highest BCUT2D eigenvalue weighted by molar-refractivity contribution is 5.68. The fourth-order valence-corrected chi connectivity index (χ4v) is 2.41. The number of hydrogen-bond acceptors (Lipinski definition) is 5.